The van der Waals surface area contributed by atoms with Crippen molar-refractivity contribution in [1.29, 1.82) is 0 Å². The van der Waals surface area contributed by atoms with E-state index in [1.165, 1.54) is 11.8 Å². The molecule has 1 aliphatic heterocycles. The zero-order valence-electron chi connectivity index (χ0n) is 15.2. The first-order valence-corrected chi connectivity index (χ1v) is 9.62. The van der Waals surface area contributed by atoms with Crippen LogP contribution in [0.2, 0.25) is 0 Å². The molecule has 2 aromatic rings. The molecule has 2 atom stereocenters. The van der Waals surface area contributed by atoms with Gasteiger partial charge in [-0.1, -0.05) is 18.2 Å². The normalized spacial score (nSPS) is 17.9. The molecular formula is C19H21ClN2O4S. The van der Waals surface area contributed by atoms with Crippen molar-refractivity contribution in [1.82, 2.24) is 10.9 Å². The van der Waals surface area contributed by atoms with E-state index in [2.05, 4.69) is 10.9 Å². The quantitative estimate of drug-likeness (QED) is 0.541. The zero-order chi connectivity index (χ0) is 19.4. The predicted molar refractivity (Wildman–Crippen MR) is 106 cm³/mol. The summed E-state index contributed by atoms with van der Waals surface area (Å²) in [5, 5.41) is -0.731. The maximum Gasteiger partial charge on any atom is 0.249 e. The van der Waals surface area contributed by atoms with Gasteiger partial charge in [0.25, 0.3) is 0 Å². The Kier molecular flexibility index (Phi) is 6.36. The van der Waals surface area contributed by atoms with Crippen molar-refractivity contribution in [3.05, 3.63) is 47.5 Å². The Morgan fingerprint density at radius 3 is 2.37 bits per heavy atom. The Morgan fingerprint density at radius 2 is 1.78 bits per heavy atom. The van der Waals surface area contributed by atoms with E-state index in [0.29, 0.717) is 23.8 Å². The summed E-state index contributed by atoms with van der Waals surface area (Å²) in [7, 11) is 4.68. The minimum atomic E-state index is -0.378. The lowest BCUT2D eigenvalue weighted by Gasteiger charge is -2.16. The fourth-order valence-electron chi connectivity index (χ4n) is 2.90. The molecule has 0 spiro atoms. The molecule has 2 unspecified atom stereocenters. The van der Waals surface area contributed by atoms with Crippen LogP contribution in [0.4, 0.5) is 0 Å². The second kappa shape index (κ2) is 8.73. The van der Waals surface area contributed by atoms with Gasteiger partial charge in [-0.2, -0.15) is 0 Å². The number of nitrogens with one attached hydrogen (secondary N) is 2. The van der Waals surface area contributed by atoms with E-state index in [-0.39, 0.29) is 16.5 Å². The van der Waals surface area contributed by atoms with Gasteiger partial charge < -0.3 is 14.2 Å². The number of ether oxygens (including phenoxy) is 3. The fourth-order valence-corrected chi connectivity index (χ4v) is 4.62. The molecule has 6 nitrogen and oxygen atoms in total. The first-order chi connectivity index (χ1) is 13.1. The number of rotatable bonds is 7. The molecule has 3 rings (SSSR count). The molecule has 0 saturated carbocycles. The molecule has 0 aromatic heterocycles. The minimum absolute atomic E-state index is 0.163. The Morgan fingerprint density at radius 1 is 1.11 bits per heavy atom. The van der Waals surface area contributed by atoms with Gasteiger partial charge in [-0.25, -0.2) is 5.43 Å². The number of carbonyl (C=O) groups excluding carboxylic acids is 1. The maximum atomic E-state index is 12.5. The monoisotopic (exact) mass is 408 g/mol. The highest BCUT2D eigenvalue weighted by atomic mass is 35.5. The molecule has 27 heavy (non-hydrogen) atoms. The highest BCUT2D eigenvalue weighted by molar-refractivity contribution is 8.01. The van der Waals surface area contributed by atoms with Gasteiger partial charge in [0.15, 0.2) is 11.5 Å². The van der Waals surface area contributed by atoms with E-state index >= 15 is 0 Å². The lowest BCUT2D eigenvalue weighted by molar-refractivity contribution is -0.121. The minimum Gasteiger partial charge on any atom is -0.493 e. The average molecular weight is 409 g/mol. The van der Waals surface area contributed by atoms with Crippen molar-refractivity contribution in [2.24, 2.45) is 0 Å². The topological polar surface area (TPSA) is 68.8 Å². The van der Waals surface area contributed by atoms with Crippen LogP contribution in [0.5, 0.6) is 17.2 Å². The molecule has 0 bridgehead atoms. The van der Waals surface area contributed by atoms with Crippen LogP contribution in [-0.2, 0) is 11.3 Å². The molecule has 2 N–H and O–H groups in total. The van der Waals surface area contributed by atoms with Gasteiger partial charge in [0.05, 0.1) is 26.7 Å². The summed E-state index contributed by atoms with van der Waals surface area (Å²) in [4.78, 5) is 13.6. The SMILES string of the molecule is COc1cc(CNNC(=O)C2Sc3ccccc3C2Cl)cc(OC)c1OC. The molecule has 0 saturated heterocycles. The largest absolute Gasteiger partial charge is 0.493 e. The van der Waals surface area contributed by atoms with Gasteiger partial charge >= 0.3 is 0 Å². The Balaban J connectivity index is 1.61. The number of hydrogen-bond donors (Lipinski definition) is 2. The first kappa shape index (κ1) is 19.7. The third kappa shape index (κ3) is 4.10. The number of alkyl halides is 1. The smallest absolute Gasteiger partial charge is 0.249 e. The summed E-state index contributed by atoms with van der Waals surface area (Å²) in [5.74, 6) is 1.48. The molecule has 1 heterocycles. The van der Waals surface area contributed by atoms with Crippen molar-refractivity contribution >= 4 is 29.3 Å². The van der Waals surface area contributed by atoms with Gasteiger partial charge in [0, 0.05) is 11.4 Å². The van der Waals surface area contributed by atoms with E-state index in [9.17, 15) is 4.79 Å². The molecule has 1 aliphatic rings. The molecule has 0 fully saturated rings. The van der Waals surface area contributed by atoms with Crippen LogP contribution in [0.3, 0.4) is 0 Å². The number of carbonyl (C=O) groups is 1. The van der Waals surface area contributed by atoms with Crippen molar-refractivity contribution in [2.45, 2.75) is 22.1 Å². The summed E-state index contributed by atoms with van der Waals surface area (Å²) in [6.07, 6.45) is 0. The zero-order valence-corrected chi connectivity index (χ0v) is 16.8. The van der Waals surface area contributed by atoms with Crippen LogP contribution in [0.25, 0.3) is 0 Å². The number of hydrazine groups is 1. The Labute approximate surface area is 167 Å². The summed E-state index contributed by atoms with van der Waals surface area (Å²) in [6.45, 7) is 0.389. The molecule has 0 radical (unpaired) electrons. The molecule has 8 heteroatoms. The summed E-state index contributed by atoms with van der Waals surface area (Å²) < 4.78 is 16.0. The number of methoxy groups -OCH3 is 3. The summed E-state index contributed by atoms with van der Waals surface area (Å²) >= 11 is 7.93. The Hall–Kier alpha value is -2.09. The predicted octanol–water partition coefficient (Wildman–Crippen LogP) is 3.29. The average Bonchev–Trinajstić information content (AvgIpc) is 3.04. The number of benzene rings is 2. The highest BCUT2D eigenvalue weighted by Crippen LogP contribution is 2.47. The van der Waals surface area contributed by atoms with Crippen LogP contribution < -0.4 is 25.1 Å². The Bertz CT molecular complexity index is 808. The summed E-state index contributed by atoms with van der Waals surface area (Å²) in [6, 6.07) is 11.5. The second-order valence-corrected chi connectivity index (χ2v) is 7.51. The third-order valence-corrected chi connectivity index (χ3v) is 6.23. The third-order valence-electron chi connectivity index (χ3n) is 4.22. The summed E-state index contributed by atoms with van der Waals surface area (Å²) in [5.41, 5.74) is 7.54. The van der Waals surface area contributed by atoms with Crippen molar-refractivity contribution in [3.63, 3.8) is 0 Å². The fraction of sp³-hybridized carbons (Fsp3) is 0.316. The van der Waals surface area contributed by atoms with Crippen LogP contribution in [-0.4, -0.2) is 32.5 Å². The molecule has 1 amide bonds. The lowest BCUT2D eigenvalue weighted by Crippen LogP contribution is -2.42. The van der Waals surface area contributed by atoms with Gasteiger partial charge in [-0.05, 0) is 29.3 Å². The van der Waals surface area contributed by atoms with E-state index in [4.69, 9.17) is 25.8 Å². The standard InChI is InChI=1S/C19H21ClN2O4S/c1-24-13-8-11(9-14(25-2)17(13)26-3)10-21-22-19(23)18-16(20)12-6-4-5-7-15(12)27-18/h4-9,16,18,21H,10H2,1-3H3,(H,22,23). The molecule has 0 aliphatic carbocycles. The van der Waals surface area contributed by atoms with E-state index in [1.54, 1.807) is 21.3 Å². The van der Waals surface area contributed by atoms with E-state index in [1.807, 2.05) is 36.4 Å². The van der Waals surface area contributed by atoms with E-state index in [0.717, 1.165) is 16.0 Å². The maximum absolute atomic E-state index is 12.5. The lowest BCUT2D eigenvalue weighted by atomic mass is 10.1. The number of halogens is 1. The molecular weight excluding hydrogens is 388 g/mol. The van der Waals surface area contributed by atoms with Crippen molar-refractivity contribution < 1.29 is 19.0 Å². The van der Waals surface area contributed by atoms with Crippen LogP contribution >= 0.6 is 23.4 Å². The second-order valence-electron chi connectivity index (χ2n) is 5.85. The van der Waals surface area contributed by atoms with Gasteiger partial charge in [0.1, 0.15) is 5.25 Å². The molecule has 2 aromatic carbocycles. The van der Waals surface area contributed by atoms with Crippen LogP contribution in [0.1, 0.15) is 16.5 Å². The number of amides is 1. The molecule has 144 valence electrons. The highest BCUT2D eigenvalue weighted by Gasteiger charge is 2.36. The number of thioether (sulfide) groups is 1. The van der Waals surface area contributed by atoms with Gasteiger partial charge in [0.2, 0.25) is 11.7 Å². The van der Waals surface area contributed by atoms with E-state index < -0.39 is 0 Å². The van der Waals surface area contributed by atoms with Gasteiger partial charge in [-0.15, -0.1) is 23.4 Å². The first-order valence-electron chi connectivity index (χ1n) is 8.30. The van der Waals surface area contributed by atoms with Crippen LogP contribution in [0, 0.1) is 0 Å². The van der Waals surface area contributed by atoms with Crippen molar-refractivity contribution in [2.75, 3.05) is 21.3 Å². The number of hydrogen-bond acceptors (Lipinski definition) is 6. The van der Waals surface area contributed by atoms with Gasteiger partial charge in [-0.3, -0.25) is 10.2 Å². The van der Waals surface area contributed by atoms with Crippen molar-refractivity contribution in [3.8, 4) is 17.2 Å². The number of fused-ring (bicyclic) bond motifs is 1. The van der Waals surface area contributed by atoms with Crippen LogP contribution in [0.15, 0.2) is 41.3 Å².